The number of ether oxygens (including phenoxy) is 1. The van der Waals surface area contributed by atoms with Crippen molar-refractivity contribution in [2.75, 3.05) is 0 Å². The number of hydrogen-bond donors (Lipinski definition) is 1. The van der Waals surface area contributed by atoms with Crippen molar-refractivity contribution >= 4 is 24.0 Å². The van der Waals surface area contributed by atoms with Gasteiger partial charge in [-0.15, -0.1) is 12.4 Å². The van der Waals surface area contributed by atoms with Crippen molar-refractivity contribution in [3.63, 3.8) is 0 Å². The van der Waals surface area contributed by atoms with Crippen LogP contribution in [0.2, 0.25) is 5.02 Å². The molecule has 2 nitrogen and oxygen atoms in total. The molecule has 2 aromatic rings. The van der Waals surface area contributed by atoms with Gasteiger partial charge in [-0.1, -0.05) is 29.8 Å². The SMILES string of the molecule is Cl.NCc1ccccc1Oc1ccc(Cl)cc1. The fourth-order valence-electron chi connectivity index (χ4n) is 1.40. The smallest absolute Gasteiger partial charge is 0.131 e. The molecule has 90 valence electrons. The minimum atomic E-state index is 0. The Morgan fingerprint density at radius 1 is 1.00 bits per heavy atom. The Morgan fingerprint density at radius 2 is 1.65 bits per heavy atom. The first-order valence-corrected chi connectivity index (χ1v) is 5.39. The predicted octanol–water partition coefficient (Wildman–Crippen LogP) is 4.01. The lowest BCUT2D eigenvalue weighted by molar-refractivity contribution is 0.476. The van der Waals surface area contributed by atoms with Gasteiger partial charge in [0.2, 0.25) is 0 Å². The van der Waals surface area contributed by atoms with Gasteiger partial charge in [0.25, 0.3) is 0 Å². The first kappa shape index (κ1) is 13.8. The van der Waals surface area contributed by atoms with Gasteiger partial charge in [0.15, 0.2) is 0 Å². The van der Waals surface area contributed by atoms with Gasteiger partial charge in [0, 0.05) is 17.1 Å². The summed E-state index contributed by atoms with van der Waals surface area (Å²) < 4.78 is 5.72. The zero-order valence-corrected chi connectivity index (χ0v) is 10.7. The van der Waals surface area contributed by atoms with E-state index in [1.165, 1.54) is 0 Å². The largest absolute Gasteiger partial charge is 0.457 e. The van der Waals surface area contributed by atoms with Crippen molar-refractivity contribution in [3.05, 3.63) is 59.1 Å². The average molecular weight is 270 g/mol. The Kier molecular flexibility index (Phi) is 5.29. The van der Waals surface area contributed by atoms with E-state index in [0.29, 0.717) is 11.6 Å². The monoisotopic (exact) mass is 269 g/mol. The molecule has 2 rings (SSSR count). The molecule has 0 saturated carbocycles. The van der Waals surface area contributed by atoms with Crippen LogP contribution in [0.5, 0.6) is 11.5 Å². The van der Waals surface area contributed by atoms with E-state index in [9.17, 15) is 0 Å². The van der Waals surface area contributed by atoms with Crippen LogP contribution in [0, 0.1) is 0 Å². The average Bonchev–Trinajstić information content (AvgIpc) is 2.33. The maximum atomic E-state index is 5.80. The van der Waals surface area contributed by atoms with E-state index >= 15 is 0 Å². The third-order valence-corrected chi connectivity index (χ3v) is 2.49. The van der Waals surface area contributed by atoms with Crippen LogP contribution in [0.3, 0.4) is 0 Å². The molecule has 0 heterocycles. The highest BCUT2D eigenvalue weighted by atomic mass is 35.5. The summed E-state index contributed by atoms with van der Waals surface area (Å²) in [6.45, 7) is 0.462. The third kappa shape index (κ3) is 3.63. The van der Waals surface area contributed by atoms with E-state index in [0.717, 1.165) is 17.1 Å². The summed E-state index contributed by atoms with van der Waals surface area (Å²) in [6, 6.07) is 15.0. The second-order valence-corrected chi connectivity index (χ2v) is 3.80. The highest BCUT2D eigenvalue weighted by Gasteiger charge is 2.02. The van der Waals surface area contributed by atoms with E-state index in [1.54, 1.807) is 12.1 Å². The minimum Gasteiger partial charge on any atom is -0.457 e. The molecule has 0 atom stereocenters. The van der Waals surface area contributed by atoms with Crippen molar-refractivity contribution in [1.29, 1.82) is 0 Å². The molecular weight excluding hydrogens is 257 g/mol. The number of para-hydroxylation sites is 1. The summed E-state index contributed by atoms with van der Waals surface area (Å²) in [7, 11) is 0. The molecule has 0 bridgehead atoms. The van der Waals surface area contributed by atoms with Gasteiger partial charge < -0.3 is 10.5 Å². The first-order chi connectivity index (χ1) is 7.79. The van der Waals surface area contributed by atoms with E-state index in [-0.39, 0.29) is 12.4 Å². The zero-order valence-electron chi connectivity index (χ0n) is 9.10. The molecule has 2 N–H and O–H groups in total. The first-order valence-electron chi connectivity index (χ1n) is 5.01. The van der Waals surface area contributed by atoms with Gasteiger partial charge in [-0.3, -0.25) is 0 Å². The fourth-order valence-corrected chi connectivity index (χ4v) is 1.53. The maximum absolute atomic E-state index is 5.80. The van der Waals surface area contributed by atoms with Crippen LogP contribution in [0.1, 0.15) is 5.56 Å². The lowest BCUT2D eigenvalue weighted by Gasteiger charge is -2.09. The molecule has 0 spiro atoms. The summed E-state index contributed by atoms with van der Waals surface area (Å²) >= 11 is 5.80. The van der Waals surface area contributed by atoms with Crippen LogP contribution in [0.25, 0.3) is 0 Å². The Bertz CT molecular complexity index is 471. The van der Waals surface area contributed by atoms with E-state index in [1.807, 2.05) is 36.4 Å². The van der Waals surface area contributed by atoms with Crippen LogP contribution in [-0.4, -0.2) is 0 Å². The molecule has 2 aromatic carbocycles. The van der Waals surface area contributed by atoms with E-state index in [2.05, 4.69) is 0 Å². The second-order valence-electron chi connectivity index (χ2n) is 3.37. The van der Waals surface area contributed by atoms with Crippen molar-refractivity contribution in [2.24, 2.45) is 5.73 Å². The van der Waals surface area contributed by atoms with Crippen LogP contribution in [0.4, 0.5) is 0 Å². The van der Waals surface area contributed by atoms with Gasteiger partial charge in [-0.25, -0.2) is 0 Å². The Labute approximate surface area is 112 Å². The highest BCUT2D eigenvalue weighted by molar-refractivity contribution is 6.30. The van der Waals surface area contributed by atoms with Crippen LogP contribution >= 0.6 is 24.0 Å². The molecule has 0 amide bonds. The Morgan fingerprint density at radius 3 is 2.29 bits per heavy atom. The third-order valence-electron chi connectivity index (χ3n) is 2.23. The quantitative estimate of drug-likeness (QED) is 0.914. The van der Waals surface area contributed by atoms with Crippen molar-refractivity contribution < 1.29 is 4.74 Å². The molecule has 0 aliphatic rings. The summed E-state index contributed by atoms with van der Waals surface area (Å²) in [5, 5.41) is 0.694. The molecule has 0 aliphatic carbocycles. The molecule has 0 aromatic heterocycles. The normalized spacial score (nSPS) is 9.53. The molecule has 0 saturated heterocycles. The summed E-state index contributed by atoms with van der Waals surface area (Å²) in [4.78, 5) is 0. The lowest BCUT2D eigenvalue weighted by Crippen LogP contribution is -1.98. The molecule has 0 radical (unpaired) electrons. The van der Waals surface area contributed by atoms with Crippen molar-refractivity contribution in [1.82, 2.24) is 0 Å². The van der Waals surface area contributed by atoms with Crippen LogP contribution < -0.4 is 10.5 Å². The van der Waals surface area contributed by atoms with Gasteiger partial charge in [0.1, 0.15) is 11.5 Å². The number of rotatable bonds is 3. The van der Waals surface area contributed by atoms with Crippen molar-refractivity contribution in [2.45, 2.75) is 6.54 Å². The van der Waals surface area contributed by atoms with Gasteiger partial charge in [0.05, 0.1) is 0 Å². The fraction of sp³-hybridized carbons (Fsp3) is 0.0769. The van der Waals surface area contributed by atoms with E-state index < -0.39 is 0 Å². The zero-order chi connectivity index (χ0) is 11.4. The van der Waals surface area contributed by atoms with Gasteiger partial charge in [-0.2, -0.15) is 0 Å². The second kappa shape index (κ2) is 6.50. The summed E-state index contributed by atoms with van der Waals surface area (Å²) in [6.07, 6.45) is 0. The standard InChI is InChI=1S/C13H12ClNO.ClH/c14-11-5-7-12(8-6-11)16-13-4-2-1-3-10(13)9-15;/h1-8H,9,15H2;1H. The minimum absolute atomic E-state index is 0. The lowest BCUT2D eigenvalue weighted by atomic mass is 10.2. The number of benzene rings is 2. The van der Waals surface area contributed by atoms with Gasteiger partial charge >= 0.3 is 0 Å². The number of nitrogens with two attached hydrogens (primary N) is 1. The molecule has 0 fully saturated rings. The summed E-state index contributed by atoms with van der Waals surface area (Å²) in [5.74, 6) is 1.54. The molecule has 17 heavy (non-hydrogen) atoms. The van der Waals surface area contributed by atoms with E-state index in [4.69, 9.17) is 22.1 Å². The summed E-state index contributed by atoms with van der Waals surface area (Å²) in [5.41, 5.74) is 6.61. The molecule has 0 aliphatic heterocycles. The Hall–Kier alpha value is -1.22. The maximum Gasteiger partial charge on any atom is 0.131 e. The Balaban J connectivity index is 0.00000144. The number of halogens is 2. The van der Waals surface area contributed by atoms with Crippen LogP contribution in [0.15, 0.2) is 48.5 Å². The van der Waals surface area contributed by atoms with Crippen LogP contribution in [-0.2, 0) is 6.54 Å². The predicted molar refractivity (Wildman–Crippen MR) is 73.1 cm³/mol. The topological polar surface area (TPSA) is 35.2 Å². The molecule has 0 unspecified atom stereocenters. The molecular formula is C13H13Cl2NO. The highest BCUT2D eigenvalue weighted by Crippen LogP contribution is 2.25. The van der Waals surface area contributed by atoms with Gasteiger partial charge in [-0.05, 0) is 30.3 Å². The van der Waals surface area contributed by atoms with Crippen molar-refractivity contribution in [3.8, 4) is 11.5 Å². The molecule has 4 heteroatoms. The number of hydrogen-bond acceptors (Lipinski definition) is 2.